The van der Waals surface area contributed by atoms with E-state index < -0.39 is 15.9 Å². The fraction of sp³-hybridized carbons (Fsp3) is 0.571. The monoisotopic (exact) mass is 286 g/mol. The van der Waals surface area contributed by atoms with E-state index >= 15 is 0 Å². The van der Waals surface area contributed by atoms with Crippen LogP contribution in [0.3, 0.4) is 0 Å². The van der Waals surface area contributed by atoms with Gasteiger partial charge in [0.15, 0.2) is 9.84 Å². The summed E-state index contributed by atoms with van der Waals surface area (Å²) in [6, 6.07) is 6.87. The molecule has 0 fully saturated rings. The summed E-state index contributed by atoms with van der Waals surface area (Å²) in [7, 11) is -3.21. The van der Waals surface area contributed by atoms with Gasteiger partial charge in [0.25, 0.3) is 0 Å². The van der Waals surface area contributed by atoms with E-state index in [1.54, 1.807) is 25.1 Å². The van der Waals surface area contributed by atoms with Crippen molar-refractivity contribution in [2.24, 2.45) is 0 Å². The van der Waals surface area contributed by atoms with E-state index in [4.69, 9.17) is 5.11 Å². The Bertz CT molecular complexity index is 496. The zero-order valence-electron chi connectivity index (χ0n) is 11.4. The first-order chi connectivity index (χ1) is 8.94. The lowest BCUT2D eigenvalue weighted by Gasteiger charge is -2.18. The molecule has 2 atom stereocenters. The molecule has 1 aromatic carbocycles. The SMILES string of the molecule is CCC(CC(O)CO)c1cccc(S(=O)(=O)CC)c1. The second-order valence-corrected chi connectivity index (χ2v) is 6.93. The van der Waals surface area contributed by atoms with Crippen LogP contribution in [0.2, 0.25) is 0 Å². The fourth-order valence-electron chi connectivity index (χ4n) is 2.07. The van der Waals surface area contributed by atoms with Crippen molar-refractivity contribution in [3.63, 3.8) is 0 Å². The summed E-state index contributed by atoms with van der Waals surface area (Å²) in [4.78, 5) is 0.324. The third-order valence-electron chi connectivity index (χ3n) is 3.33. The lowest BCUT2D eigenvalue weighted by Crippen LogP contribution is -2.16. The molecule has 108 valence electrons. The zero-order chi connectivity index (χ0) is 14.5. The number of aliphatic hydroxyl groups excluding tert-OH is 2. The van der Waals surface area contributed by atoms with Crippen molar-refractivity contribution in [1.82, 2.24) is 0 Å². The molecule has 0 radical (unpaired) electrons. The van der Waals surface area contributed by atoms with Crippen LogP contribution >= 0.6 is 0 Å². The Kier molecular flexibility index (Phi) is 5.97. The van der Waals surface area contributed by atoms with E-state index in [1.165, 1.54) is 0 Å². The quantitative estimate of drug-likeness (QED) is 0.800. The number of sulfone groups is 1. The van der Waals surface area contributed by atoms with Crippen molar-refractivity contribution in [3.05, 3.63) is 29.8 Å². The average molecular weight is 286 g/mol. The van der Waals surface area contributed by atoms with Crippen LogP contribution in [0.1, 0.15) is 38.2 Å². The van der Waals surface area contributed by atoms with E-state index in [0.717, 1.165) is 12.0 Å². The minimum absolute atomic E-state index is 0.0501. The van der Waals surface area contributed by atoms with Crippen molar-refractivity contribution in [2.45, 2.75) is 43.6 Å². The van der Waals surface area contributed by atoms with Gasteiger partial charge in [0.2, 0.25) is 0 Å². The second kappa shape index (κ2) is 7.03. The predicted molar refractivity (Wildman–Crippen MR) is 74.9 cm³/mol. The van der Waals surface area contributed by atoms with Crippen molar-refractivity contribution in [3.8, 4) is 0 Å². The Labute approximate surface area is 115 Å². The largest absolute Gasteiger partial charge is 0.394 e. The highest BCUT2D eigenvalue weighted by Crippen LogP contribution is 2.27. The number of hydrogen-bond donors (Lipinski definition) is 2. The number of benzene rings is 1. The summed E-state index contributed by atoms with van der Waals surface area (Å²) < 4.78 is 23.7. The van der Waals surface area contributed by atoms with Gasteiger partial charge in [0.1, 0.15) is 0 Å². The Hall–Kier alpha value is -0.910. The van der Waals surface area contributed by atoms with Crippen LogP contribution in [0.25, 0.3) is 0 Å². The summed E-state index contributed by atoms with van der Waals surface area (Å²) in [6.45, 7) is 3.33. The van der Waals surface area contributed by atoms with E-state index in [1.807, 2.05) is 13.0 Å². The van der Waals surface area contributed by atoms with Crippen LogP contribution < -0.4 is 0 Å². The average Bonchev–Trinajstić information content (AvgIpc) is 2.44. The van der Waals surface area contributed by atoms with Gasteiger partial charge in [0.05, 0.1) is 23.4 Å². The molecule has 2 N–H and O–H groups in total. The van der Waals surface area contributed by atoms with Crippen molar-refractivity contribution in [1.29, 1.82) is 0 Å². The normalized spacial score (nSPS) is 15.2. The molecule has 1 aromatic rings. The first kappa shape index (κ1) is 16.1. The first-order valence-corrected chi connectivity index (χ1v) is 8.21. The topological polar surface area (TPSA) is 74.6 Å². The third kappa shape index (κ3) is 4.30. The standard InChI is InChI=1S/C14H22O4S/c1-3-11(8-13(16)10-15)12-6-5-7-14(9-12)19(17,18)4-2/h5-7,9,11,13,15-16H,3-4,8,10H2,1-2H3. The number of rotatable bonds is 7. The van der Waals surface area contributed by atoms with Gasteiger partial charge < -0.3 is 10.2 Å². The molecule has 0 amide bonds. The summed E-state index contributed by atoms with van der Waals surface area (Å²) >= 11 is 0. The van der Waals surface area contributed by atoms with Crippen LogP contribution in [-0.4, -0.2) is 37.1 Å². The molecule has 2 unspecified atom stereocenters. The van der Waals surface area contributed by atoms with Crippen LogP contribution in [0.5, 0.6) is 0 Å². The molecule has 0 spiro atoms. The highest BCUT2D eigenvalue weighted by molar-refractivity contribution is 7.91. The van der Waals surface area contributed by atoms with Gasteiger partial charge in [-0.3, -0.25) is 0 Å². The lowest BCUT2D eigenvalue weighted by atomic mass is 9.91. The molecular weight excluding hydrogens is 264 g/mol. The minimum Gasteiger partial charge on any atom is -0.394 e. The van der Waals surface area contributed by atoms with Crippen LogP contribution in [0, 0.1) is 0 Å². The minimum atomic E-state index is -3.21. The molecule has 1 rings (SSSR count). The van der Waals surface area contributed by atoms with E-state index in [9.17, 15) is 13.5 Å². The molecule has 0 heterocycles. The van der Waals surface area contributed by atoms with Crippen molar-refractivity contribution >= 4 is 9.84 Å². The zero-order valence-corrected chi connectivity index (χ0v) is 12.2. The van der Waals surface area contributed by atoms with Gasteiger partial charge in [-0.2, -0.15) is 0 Å². The molecule has 0 aliphatic carbocycles. The van der Waals surface area contributed by atoms with Crippen molar-refractivity contribution in [2.75, 3.05) is 12.4 Å². The highest BCUT2D eigenvalue weighted by atomic mass is 32.2. The predicted octanol–water partition coefficient (Wildman–Crippen LogP) is 1.72. The molecule has 0 aromatic heterocycles. The maximum absolute atomic E-state index is 11.9. The van der Waals surface area contributed by atoms with Gasteiger partial charge >= 0.3 is 0 Å². The summed E-state index contributed by atoms with van der Waals surface area (Å²) in [5.74, 6) is 0.126. The van der Waals surface area contributed by atoms with E-state index in [2.05, 4.69) is 0 Å². The van der Waals surface area contributed by atoms with E-state index in [0.29, 0.717) is 11.3 Å². The molecule has 19 heavy (non-hydrogen) atoms. The number of hydrogen-bond acceptors (Lipinski definition) is 4. The summed E-state index contributed by atoms with van der Waals surface area (Å²) in [6.07, 6.45) is 0.450. The maximum Gasteiger partial charge on any atom is 0.178 e. The smallest absolute Gasteiger partial charge is 0.178 e. The molecule has 0 aliphatic heterocycles. The molecule has 5 heteroatoms. The van der Waals surface area contributed by atoms with Gasteiger partial charge in [-0.1, -0.05) is 26.0 Å². The molecule has 0 saturated heterocycles. The molecule has 0 saturated carbocycles. The van der Waals surface area contributed by atoms with Gasteiger partial charge in [-0.25, -0.2) is 8.42 Å². The molecular formula is C14H22O4S. The maximum atomic E-state index is 11.9. The molecule has 0 aliphatic rings. The van der Waals surface area contributed by atoms with Gasteiger partial charge in [0, 0.05) is 0 Å². The summed E-state index contributed by atoms with van der Waals surface area (Å²) in [5.41, 5.74) is 0.893. The Morgan fingerprint density at radius 3 is 2.47 bits per heavy atom. The molecule has 4 nitrogen and oxygen atoms in total. The van der Waals surface area contributed by atoms with Gasteiger partial charge in [-0.15, -0.1) is 0 Å². The Morgan fingerprint density at radius 1 is 1.26 bits per heavy atom. The third-order valence-corrected chi connectivity index (χ3v) is 5.06. The lowest BCUT2D eigenvalue weighted by molar-refractivity contribution is 0.0817. The van der Waals surface area contributed by atoms with Crippen LogP contribution in [-0.2, 0) is 9.84 Å². The van der Waals surface area contributed by atoms with Crippen LogP contribution in [0.4, 0.5) is 0 Å². The van der Waals surface area contributed by atoms with Crippen molar-refractivity contribution < 1.29 is 18.6 Å². The highest BCUT2D eigenvalue weighted by Gasteiger charge is 2.17. The van der Waals surface area contributed by atoms with Crippen LogP contribution in [0.15, 0.2) is 29.2 Å². The summed E-state index contributed by atoms with van der Waals surface area (Å²) in [5, 5.41) is 18.4. The molecule has 0 bridgehead atoms. The Morgan fingerprint density at radius 2 is 1.95 bits per heavy atom. The fourth-order valence-corrected chi connectivity index (χ4v) is 3.00. The second-order valence-electron chi connectivity index (χ2n) is 4.65. The Balaban J connectivity index is 3.03. The van der Waals surface area contributed by atoms with Gasteiger partial charge in [-0.05, 0) is 36.5 Å². The van der Waals surface area contributed by atoms with E-state index in [-0.39, 0.29) is 18.3 Å². The number of aliphatic hydroxyl groups is 2. The first-order valence-electron chi connectivity index (χ1n) is 6.56.